The number of fused-ring (bicyclic) bond motifs is 2. The van der Waals surface area contributed by atoms with E-state index in [-0.39, 0.29) is 28.4 Å². The lowest BCUT2D eigenvalue weighted by Crippen LogP contribution is -2.15. The first-order valence-corrected chi connectivity index (χ1v) is 8.22. The summed E-state index contributed by atoms with van der Waals surface area (Å²) in [7, 11) is 0. The average Bonchev–Trinajstić information content (AvgIpc) is 2.67. The molecule has 0 unspecified atom stereocenters. The van der Waals surface area contributed by atoms with E-state index in [4.69, 9.17) is 0 Å². The normalized spacial score (nSPS) is 13.9. The number of aromatic hydroxyl groups is 3. The Hall–Kier alpha value is -3.86. The van der Waals surface area contributed by atoms with Crippen LogP contribution in [0.1, 0.15) is 37.4 Å². The highest BCUT2D eigenvalue weighted by Gasteiger charge is 2.29. The first kappa shape index (κ1) is 16.6. The van der Waals surface area contributed by atoms with E-state index < -0.39 is 11.5 Å². The Morgan fingerprint density at radius 1 is 0.741 bits per heavy atom. The summed E-state index contributed by atoms with van der Waals surface area (Å²) in [4.78, 5) is 25.5. The first-order chi connectivity index (χ1) is 13.0. The van der Waals surface area contributed by atoms with E-state index in [2.05, 4.69) is 0 Å². The van der Waals surface area contributed by atoms with Gasteiger partial charge < -0.3 is 15.3 Å². The van der Waals surface area contributed by atoms with Gasteiger partial charge in [0.15, 0.2) is 23.1 Å². The van der Waals surface area contributed by atoms with Crippen LogP contribution in [0.4, 0.5) is 0 Å². The number of phenolic OH excluding ortho intramolecular Hbond substituents is 3. The predicted octanol–water partition coefficient (Wildman–Crippen LogP) is 3.66. The van der Waals surface area contributed by atoms with Gasteiger partial charge in [0.1, 0.15) is 5.75 Å². The molecule has 0 atom stereocenters. The van der Waals surface area contributed by atoms with E-state index in [1.165, 1.54) is 30.3 Å². The van der Waals surface area contributed by atoms with Crippen molar-refractivity contribution in [3.05, 3.63) is 94.6 Å². The van der Waals surface area contributed by atoms with E-state index in [0.29, 0.717) is 22.3 Å². The molecule has 0 radical (unpaired) electrons. The lowest BCUT2D eigenvalue weighted by molar-refractivity contribution is 0.102. The number of carbonyl (C=O) groups excluding carboxylic acids is 2. The highest BCUT2D eigenvalue weighted by Crippen LogP contribution is 2.39. The van der Waals surface area contributed by atoms with Crippen molar-refractivity contribution in [1.29, 1.82) is 0 Å². The zero-order valence-corrected chi connectivity index (χ0v) is 14.0. The minimum absolute atomic E-state index is 0.146. The summed E-state index contributed by atoms with van der Waals surface area (Å²) in [6.07, 6.45) is 1.37. The summed E-state index contributed by atoms with van der Waals surface area (Å²) in [6, 6.07) is 15.4. The predicted molar refractivity (Wildman–Crippen MR) is 99.2 cm³/mol. The number of hydrogen-bond acceptors (Lipinski definition) is 5. The molecule has 0 saturated heterocycles. The van der Waals surface area contributed by atoms with Gasteiger partial charge in [-0.2, -0.15) is 0 Å². The molecule has 3 N–H and O–H groups in total. The summed E-state index contributed by atoms with van der Waals surface area (Å²) in [5.41, 5.74) is 2.32. The van der Waals surface area contributed by atoms with Gasteiger partial charge >= 0.3 is 0 Å². The maximum absolute atomic E-state index is 12.8. The molecule has 5 heteroatoms. The number of benzene rings is 3. The lowest BCUT2D eigenvalue weighted by atomic mass is 9.80. The molecule has 1 aliphatic carbocycles. The second-order valence-electron chi connectivity index (χ2n) is 6.20. The third-order valence-corrected chi connectivity index (χ3v) is 4.56. The van der Waals surface area contributed by atoms with Crippen LogP contribution in [0, 0.1) is 0 Å². The molecule has 3 aromatic carbocycles. The van der Waals surface area contributed by atoms with Gasteiger partial charge in [0.25, 0.3) is 0 Å². The maximum atomic E-state index is 12.8. The van der Waals surface area contributed by atoms with Gasteiger partial charge in [-0.25, -0.2) is 0 Å². The van der Waals surface area contributed by atoms with Gasteiger partial charge in [-0.15, -0.1) is 0 Å². The number of allylic oxidation sites excluding steroid dienone is 1. The molecule has 0 heterocycles. The SMILES string of the molecule is O=C(C=C1c2ccccc2C(=O)c2c(O)cccc21)c1ccc(O)c(O)c1. The van der Waals surface area contributed by atoms with E-state index >= 15 is 0 Å². The van der Waals surface area contributed by atoms with Crippen LogP contribution in [-0.2, 0) is 0 Å². The molecule has 0 fully saturated rings. The molecule has 0 bridgehead atoms. The highest BCUT2D eigenvalue weighted by atomic mass is 16.3. The number of rotatable bonds is 2. The fourth-order valence-electron chi connectivity index (χ4n) is 3.25. The Kier molecular flexibility index (Phi) is 3.78. The molecule has 0 spiro atoms. The van der Waals surface area contributed by atoms with Crippen LogP contribution in [0.3, 0.4) is 0 Å². The third kappa shape index (κ3) is 2.66. The van der Waals surface area contributed by atoms with Crippen molar-refractivity contribution in [2.45, 2.75) is 0 Å². The van der Waals surface area contributed by atoms with E-state index in [1.807, 2.05) is 0 Å². The minimum atomic E-state index is -0.404. The zero-order valence-electron chi connectivity index (χ0n) is 14.0. The van der Waals surface area contributed by atoms with Crippen molar-refractivity contribution in [1.82, 2.24) is 0 Å². The summed E-state index contributed by atoms with van der Waals surface area (Å²) < 4.78 is 0. The molecule has 0 amide bonds. The topological polar surface area (TPSA) is 94.8 Å². The van der Waals surface area contributed by atoms with Gasteiger partial charge in [-0.05, 0) is 47.0 Å². The van der Waals surface area contributed by atoms with Gasteiger partial charge in [0.05, 0.1) is 5.56 Å². The molecule has 5 nitrogen and oxygen atoms in total. The van der Waals surface area contributed by atoms with Crippen LogP contribution in [0.2, 0.25) is 0 Å². The molecule has 0 aromatic heterocycles. The molecule has 0 saturated carbocycles. The maximum Gasteiger partial charge on any atom is 0.197 e. The Morgan fingerprint density at radius 3 is 2.19 bits per heavy atom. The quantitative estimate of drug-likeness (QED) is 0.289. The van der Waals surface area contributed by atoms with Crippen LogP contribution in [0.25, 0.3) is 5.57 Å². The van der Waals surface area contributed by atoms with Crippen LogP contribution in [0.5, 0.6) is 17.2 Å². The molecule has 27 heavy (non-hydrogen) atoms. The summed E-state index contributed by atoms with van der Waals surface area (Å²) >= 11 is 0. The standard InChI is InChI=1S/C22H14O5/c23-17-9-8-12(10-20(17)26)19(25)11-16-13-4-1-2-5-15(13)22(27)21-14(16)6-3-7-18(21)24/h1-11,23-24,26H. The fraction of sp³-hybridized carbons (Fsp3) is 0. The van der Waals surface area contributed by atoms with E-state index in [1.54, 1.807) is 36.4 Å². The average molecular weight is 358 g/mol. The Bertz CT molecular complexity index is 1140. The van der Waals surface area contributed by atoms with Crippen molar-refractivity contribution in [3.63, 3.8) is 0 Å². The highest BCUT2D eigenvalue weighted by molar-refractivity contribution is 6.22. The van der Waals surface area contributed by atoms with Gasteiger partial charge in [0.2, 0.25) is 0 Å². The number of ketones is 2. The third-order valence-electron chi connectivity index (χ3n) is 4.56. The number of phenols is 3. The Labute approximate surface area is 154 Å². The van der Waals surface area contributed by atoms with Crippen molar-refractivity contribution in [2.75, 3.05) is 0 Å². The van der Waals surface area contributed by atoms with Crippen LogP contribution < -0.4 is 0 Å². The Balaban J connectivity index is 1.92. The molecule has 3 aromatic rings. The largest absolute Gasteiger partial charge is 0.507 e. The number of carbonyl (C=O) groups is 2. The zero-order chi connectivity index (χ0) is 19.1. The van der Waals surface area contributed by atoms with Crippen molar-refractivity contribution < 1.29 is 24.9 Å². The second-order valence-corrected chi connectivity index (χ2v) is 6.20. The fourth-order valence-corrected chi connectivity index (χ4v) is 3.25. The monoisotopic (exact) mass is 358 g/mol. The first-order valence-electron chi connectivity index (χ1n) is 8.22. The van der Waals surface area contributed by atoms with Gasteiger partial charge in [0, 0.05) is 11.1 Å². The molecular weight excluding hydrogens is 344 g/mol. The number of hydrogen-bond donors (Lipinski definition) is 3. The molecular formula is C22H14O5. The molecule has 0 aliphatic heterocycles. The van der Waals surface area contributed by atoms with Gasteiger partial charge in [-0.3, -0.25) is 9.59 Å². The lowest BCUT2D eigenvalue weighted by Gasteiger charge is -2.22. The summed E-state index contributed by atoms with van der Waals surface area (Å²) in [6.45, 7) is 0. The van der Waals surface area contributed by atoms with Crippen LogP contribution in [-0.4, -0.2) is 26.9 Å². The van der Waals surface area contributed by atoms with Crippen molar-refractivity contribution >= 4 is 17.1 Å². The van der Waals surface area contributed by atoms with Gasteiger partial charge in [-0.1, -0.05) is 36.4 Å². The minimum Gasteiger partial charge on any atom is -0.507 e. The molecule has 1 aliphatic rings. The van der Waals surface area contributed by atoms with Crippen LogP contribution in [0.15, 0.2) is 66.7 Å². The summed E-state index contributed by atoms with van der Waals surface area (Å²) in [5, 5.41) is 29.3. The molecule has 4 rings (SSSR count). The Morgan fingerprint density at radius 2 is 1.44 bits per heavy atom. The van der Waals surface area contributed by atoms with E-state index in [0.717, 1.165) is 0 Å². The van der Waals surface area contributed by atoms with Crippen molar-refractivity contribution in [3.8, 4) is 17.2 Å². The van der Waals surface area contributed by atoms with E-state index in [9.17, 15) is 24.9 Å². The second kappa shape index (κ2) is 6.14. The summed E-state index contributed by atoms with van der Waals surface area (Å²) in [5.74, 6) is -1.56. The van der Waals surface area contributed by atoms with Crippen molar-refractivity contribution in [2.24, 2.45) is 0 Å². The van der Waals surface area contributed by atoms with Crippen LogP contribution >= 0.6 is 0 Å². The smallest absolute Gasteiger partial charge is 0.197 e. The molecule has 132 valence electrons.